The number of hydrogen-bond donors (Lipinski definition) is 2. The summed E-state index contributed by atoms with van der Waals surface area (Å²) in [5.41, 5.74) is 0. The Morgan fingerprint density at radius 3 is 1.75 bits per heavy atom. The third-order valence-corrected chi connectivity index (χ3v) is 2.55. The molecule has 0 aliphatic rings. The van der Waals surface area contributed by atoms with Crippen molar-refractivity contribution in [1.29, 1.82) is 0 Å². The van der Waals surface area contributed by atoms with E-state index in [0.29, 0.717) is 0 Å². The van der Waals surface area contributed by atoms with Crippen LogP contribution in [0.4, 0.5) is 0 Å². The number of ether oxygens (including phenoxy) is 2. The lowest BCUT2D eigenvalue weighted by molar-refractivity contribution is -0.00611. The fraction of sp³-hybridized carbons (Fsp3) is 1.00. The van der Waals surface area contributed by atoms with Gasteiger partial charge in [-0.3, -0.25) is 0 Å². The Balaban J connectivity index is -0.000000266. The summed E-state index contributed by atoms with van der Waals surface area (Å²) in [7, 11) is 0. The van der Waals surface area contributed by atoms with Gasteiger partial charge in [0.25, 0.3) is 0 Å². The molecular formula is C15H35BrO4. The van der Waals surface area contributed by atoms with Crippen LogP contribution in [0.25, 0.3) is 0 Å². The molecule has 4 nitrogen and oxygen atoms in total. The minimum Gasteiger partial charge on any atom is -0.394 e. The van der Waals surface area contributed by atoms with Crippen LogP contribution in [0, 0.1) is 0 Å². The molecular weight excluding hydrogens is 324 g/mol. The van der Waals surface area contributed by atoms with E-state index in [9.17, 15) is 0 Å². The van der Waals surface area contributed by atoms with Crippen LogP contribution in [-0.4, -0.2) is 54.2 Å². The average Bonchev–Trinajstić information content (AvgIpc) is 2.46. The van der Waals surface area contributed by atoms with Crippen LogP contribution in [0.3, 0.4) is 0 Å². The van der Waals surface area contributed by atoms with E-state index in [1.54, 1.807) is 0 Å². The van der Waals surface area contributed by atoms with Gasteiger partial charge in [-0.05, 0) is 33.1 Å². The number of rotatable bonds is 9. The minimum atomic E-state index is -0.560. The molecule has 0 spiro atoms. The maximum atomic E-state index is 8.11. The van der Waals surface area contributed by atoms with E-state index in [1.807, 2.05) is 6.92 Å². The van der Waals surface area contributed by atoms with Crippen molar-refractivity contribution in [1.82, 2.24) is 0 Å². The topological polar surface area (TPSA) is 58.9 Å². The summed E-state index contributed by atoms with van der Waals surface area (Å²) in [6.45, 7) is 12.2. The second kappa shape index (κ2) is 24.3. The molecule has 5 heteroatoms. The lowest BCUT2D eigenvalue weighted by Crippen LogP contribution is -2.16. The summed E-state index contributed by atoms with van der Waals surface area (Å²) in [5, 5.41) is 17.1. The molecule has 0 saturated heterocycles. The van der Waals surface area contributed by atoms with Gasteiger partial charge in [0.2, 0.25) is 0 Å². The van der Waals surface area contributed by atoms with Gasteiger partial charge in [0.15, 0.2) is 0 Å². The highest BCUT2D eigenvalue weighted by molar-refractivity contribution is 9.09. The molecule has 0 aliphatic heterocycles. The number of alkyl halides is 1. The van der Waals surface area contributed by atoms with E-state index in [2.05, 4.69) is 36.7 Å². The molecule has 0 rings (SSSR count). The van der Waals surface area contributed by atoms with Crippen molar-refractivity contribution in [3.8, 4) is 0 Å². The number of halogens is 1. The van der Waals surface area contributed by atoms with Crippen molar-refractivity contribution in [3.63, 3.8) is 0 Å². The van der Waals surface area contributed by atoms with E-state index in [-0.39, 0.29) is 12.7 Å². The van der Waals surface area contributed by atoms with Gasteiger partial charge in [-0.2, -0.15) is 0 Å². The summed E-state index contributed by atoms with van der Waals surface area (Å²) in [5.74, 6) is 0. The van der Waals surface area contributed by atoms with Gasteiger partial charge in [-0.1, -0.05) is 36.7 Å². The van der Waals surface area contributed by atoms with Gasteiger partial charge in [0.1, 0.15) is 0 Å². The van der Waals surface area contributed by atoms with Gasteiger partial charge in [-0.25, -0.2) is 0 Å². The fourth-order valence-electron chi connectivity index (χ4n) is 0.761. The van der Waals surface area contributed by atoms with Crippen molar-refractivity contribution in [2.24, 2.45) is 0 Å². The fourth-order valence-corrected chi connectivity index (χ4v) is 0.761. The Hall–Kier alpha value is 0.320. The lowest BCUT2D eigenvalue weighted by atomic mass is 10.4. The quantitative estimate of drug-likeness (QED) is 0.489. The standard InChI is InChI=1S/C9H20O2.C3H7Br.C3H8O2/c1-4-6-10-8-9(3)11-7-5-2;1-2-3-4;1-3(5)2-4/h9H,4-8H2,1-3H3;2-3H2,1H3;3-5H,2H2,1H3. The Morgan fingerprint density at radius 1 is 1.00 bits per heavy atom. The molecule has 0 heterocycles. The second-order valence-corrected chi connectivity index (χ2v) is 5.27. The van der Waals surface area contributed by atoms with Crippen molar-refractivity contribution < 1.29 is 19.7 Å². The van der Waals surface area contributed by atoms with E-state index in [4.69, 9.17) is 19.7 Å². The lowest BCUT2D eigenvalue weighted by Gasteiger charge is -2.11. The van der Waals surface area contributed by atoms with E-state index in [0.717, 1.165) is 38.0 Å². The zero-order valence-electron chi connectivity index (χ0n) is 13.9. The molecule has 126 valence electrons. The molecule has 20 heavy (non-hydrogen) atoms. The van der Waals surface area contributed by atoms with Crippen LogP contribution in [0.2, 0.25) is 0 Å². The summed E-state index contributed by atoms with van der Waals surface area (Å²) in [4.78, 5) is 0. The Morgan fingerprint density at radius 2 is 1.45 bits per heavy atom. The zero-order valence-corrected chi connectivity index (χ0v) is 15.5. The average molecular weight is 359 g/mol. The first-order valence-electron chi connectivity index (χ1n) is 7.54. The van der Waals surface area contributed by atoms with Gasteiger partial charge in [-0.15, -0.1) is 0 Å². The van der Waals surface area contributed by atoms with Crippen LogP contribution in [-0.2, 0) is 9.47 Å². The van der Waals surface area contributed by atoms with Gasteiger partial charge in [0.05, 0.1) is 25.4 Å². The molecule has 2 atom stereocenters. The van der Waals surface area contributed by atoms with Crippen LogP contribution in [0.15, 0.2) is 0 Å². The molecule has 2 unspecified atom stereocenters. The molecule has 2 N–H and O–H groups in total. The normalized spacial score (nSPS) is 12.6. The first-order valence-corrected chi connectivity index (χ1v) is 8.66. The molecule has 0 radical (unpaired) electrons. The third kappa shape index (κ3) is 36.2. The van der Waals surface area contributed by atoms with Gasteiger partial charge in [0, 0.05) is 18.5 Å². The molecule has 0 fully saturated rings. The zero-order chi connectivity index (χ0) is 16.2. The van der Waals surface area contributed by atoms with E-state index >= 15 is 0 Å². The Labute approximate surface area is 134 Å². The van der Waals surface area contributed by atoms with Crippen LogP contribution in [0.5, 0.6) is 0 Å². The van der Waals surface area contributed by atoms with E-state index < -0.39 is 6.10 Å². The molecule has 0 aromatic heterocycles. The number of hydrogen-bond acceptors (Lipinski definition) is 4. The monoisotopic (exact) mass is 358 g/mol. The molecule has 0 bridgehead atoms. The predicted octanol–water partition coefficient (Wildman–Crippen LogP) is 3.38. The molecule has 0 saturated carbocycles. The second-order valence-electron chi connectivity index (χ2n) is 4.48. The maximum Gasteiger partial charge on any atom is 0.0780 e. The highest BCUT2D eigenvalue weighted by atomic mass is 79.9. The predicted molar refractivity (Wildman–Crippen MR) is 89.7 cm³/mol. The smallest absolute Gasteiger partial charge is 0.0780 e. The first kappa shape index (κ1) is 25.3. The first-order chi connectivity index (χ1) is 9.49. The molecule has 0 aromatic rings. The largest absolute Gasteiger partial charge is 0.394 e. The van der Waals surface area contributed by atoms with Gasteiger partial charge < -0.3 is 19.7 Å². The van der Waals surface area contributed by atoms with Crippen molar-refractivity contribution in [3.05, 3.63) is 0 Å². The number of aliphatic hydroxyl groups excluding tert-OH is 2. The summed E-state index contributed by atoms with van der Waals surface area (Å²) in [6, 6.07) is 0. The molecule has 0 aliphatic carbocycles. The summed E-state index contributed by atoms with van der Waals surface area (Å²) >= 11 is 3.25. The van der Waals surface area contributed by atoms with Crippen LogP contribution >= 0.6 is 15.9 Å². The summed E-state index contributed by atoms with van der Waals surface area (Å²) < 4.78 is 10.7. The Kier molecular flexibility index (Phi) is 30.8. The van der Waals surface area contributed by atoms with Crippen LogP contribution in [0.1, 0.15) is 53.9 Å². The van der Waals surface area contributed by atoms with Crippen LogP contribution < -0.4 is 0 Å². The third-order valence-electron chi connectivity index (χ3n) is 1.76. The Bertz CT molecular complexity index is 144. The van der Waals surface area contributed by atoms with Crippen molar-refractivity contribution >= 4 is 15.9 Å². The van der Waals surface area contributed by atoms with Gasteiger partial charge >= 0.3 is 0 Å². The molecule has 0 aromatic carbocycles. The van der Waals surface area contributed by atoms with Crippen molar-refractivity contribution in [2.75, 3.05) is 31.8 Å². The highest BCUT2D eigenvalue weighted by Crippen LogP contribution is 1.93. The maximum absolute atomic E-state index is 8.11. The summed E-state index contributed by atoms with van der Waals surface area (Å²) in [6.07, 6.45) is 3.09. The highest BCUT2D eigenvalue weighted by Gasteiger charge is 1.99. The van der Waals surface area contributed by atoms with Crippen molar-refractivity contribution in [2.45, 2.75) is 66.1 Å². The minimum absolute atomic E-state index is 0.139. The van der Waals surface area contributed by atoms with E-state index in [1.165, 1.54) is 13.3 Å². The SMILES string of the molecule is CC(O)CO.CCCBr.CCCOCC(C)OCCC. The molecule has 0 amide bonds. The number of aliphatic hydroxyl groups is 2.